The van der Waals surface area contributed by atoms with Gasteiger partial charge in [-0.15, -0.1) is 0 Å². The van der Waals surface area contributed by atoms with Gasteiger partial charge in [0.1, 0.15) is 11.1 Å². The number of benzene rings is 2. The molecule has 3 aromatic heterocycles. The van der Waals surface area contributed by atoms with Crippen molar-refractivity contribution in [2.75, 3.05) is 6.61 Å². The zero-order valence-corrected chi connectivity index (χ0v) is 16.8. The van der Waals surface area contributed by atoms with Crippen molar-refractivity contribution in [2.24, 2.45) is 0 Å². The van der Waals surface area contributed by atoms with Gasteiger partial charge in [-0.1, -0.05) is 48.5 Å². The molecule has 0 fully saturated rings. The van der Waals surface area contributed by atoms with E-state index in [0.29, 0.717) is 5.65 Å². The minimum atomic E-state index is -0.681. The van der Waals surface area contributed by atoms with E-state index in [1.165, 1.54) is 16.9 Å². The molecule has 2 aromatic carbocycles. The Morgan fingerprint density at radius 1 is 1.06 bits per heavy atom. The lowest BCUT2D eigenvalue weighted by atomic mass is 10.1. The van der Waals surface area contributed by atoms with E-state index in [9.17, 15) is 9.59 Å². The molecule has 0 spiro atoms. The number of carbonyl (C=O) groups excluding carboxylic acids is 1. The molecule has 152 valence electrons. The summed E-state index contributed by atoms with van der Waals surface area (Å²) in [5, 5.41) is 0.782. The van der Waals surface area contributed by atoms with Crippen LogP contribution in [0.1, 0.15) is 17.3 Å². The minimum absolute atomic E-state index is 0.101. The maximum absolute atomic E-state index is 13.0. The molecule has 0 aliphatic rings. The summed E-state index contributed by atoms with van der Waals surface area (Å²) in [5.74, 6) is -0.681. The van der Waals surface area contributed by atoms with E-state index >= 15 is 0 Å². The number of carbonyl (C=O) groups is 1. The van der Waals surface area contributed by atoms with Gasteiger partial charge >= 0.3 is 11.5 Å². The third-order valence-corrected chi connectivity index (χ3v) is 5.17. The molecule has 0 radical (unpaired) electrons. The fourth-order valence-electron chi connectivity index (χ4n) is 3.75. The SMILES string of the molecule is CCOC(=O)c1cnc2c3c(-c4ccccc4)cn(-c4ccccc4)c3[nH+]cn2c1=O. The van der Waals surface area contributed by atoms with Crippen LogP contribution in [0.15, 0.2) is 84.2 Å². The van der Waals surface area contributed by atoms with Crippen molar-refractivity contribution in [2.45, 2.75) is 6.92 Å². The predicted molar refractivity (Wildman–Crippen MR) is 116 cm³/mol. The van der Waals surface area contributed by atoms with Crippen molar-refractivity contribution in [3.8, 4) is 16.8 Å². The molecule has 31 heavy (non-hydrogen) atoms. The molecule has 0 saturated carbocycles. The molecule has 0 unspecified atom stereocenters. The van der Waals surface area contributed by atoms with Crippen LogP contribution in [0, 0.1) is 0 Å². The van der Waals surface area contributed by atoms with Crippen molar-refractivity contribution < 1.29 is 14.5 Å². The lowest BCUT2D eigenvalue weighted by Gasteiger charge is -2.03. The number of H-pyrrole nitrogens is 1. The van der Waals surface area contributed by atoms with Crippen LogP contribution in [0.25, 0.3) is 33.5 Å². The molecule has 0 bridgehead atoms. The highest BCUT2D eigenvalue weighted by atomic mass is 16.5. The average Bonchev–Trinajstić information content (AvgIpc) is 3.21. The van der Waals surface area contributed by atoms with Gasteiger partial charge in [-0.2, -0.15) is 4.40 Å². The molecule has 7 heteroatoms. The minimum Gasteiger partial charge on any atom is -0.462 e. The number of aromatic amines is 1. The Bertz CT molecular complexity index is 1470. The first-order chi connectivity index (χ1) is 15.2. The lowest BCUT2D eigenvalue weighted by Crippen LogP contribution is -2.27. The average molecular weight is 411 g/mol. The Morgan fingerprint density at radius 2 is 1.77 bits per heavy atom. The van der Waals surface area contributed by atoms with E-state index in [1.807, 2.05) is 71.4 Å². The number of hydrogen-bond donors (Lipinski definition) is 0. The van der Waals surface area contributed by atoms with E-state index in [0.717, 1.165) is 27.8 Å². The van der Waals surface area contributed by atoms with Crippen molar-refractivity contribution in [3.05, 3.63) is 95.3 Å². The first-order valence-electron chi connectivity index (χ1n) is 9.94. The normalized spacial score (nSPS) is 11.1. The third-order valence-electron chi connectivity index (χ3n) is 5.17. The van der Waals surface area contributed by atoms with Gasteiger partial charge in [0, 0.05) is 5.56 Å². The van der Waals surface area contributed by atoms with Crippen LogP contribution in [0.3, 0.4) is 0 Å². The van der Waals surface area contributed by atoms with Gasteiger partial charge in [0.05, 0.1) is 19.0 Å². The Labute approximate surface area is 177 Å². The van der Waals surface area contributed by atoms with Gasteiger partial charge < -0.3 is 4.74 Å². The van der Waals surface area contributed by atoms with Gasteiger partial charge in [0.25, 0.3) is 0 Å². The second-order valence-corrected chi connectivity index (χ2v) is 7.00. The predicted octanol–water partition coefficient (Wildman–Crippen LogP) is 3.30. The lowest BCUT2D eigenvalue weighted by molar-refractivity contribution is -0.354. The second kappa shape index (κ2) is 7.53. The molecule has 0 saturated heterocycles. The topological polar surface area (TPSA) is 79.7 Å². The van der Waals surface area contributed by atoms with Gasteiger partial charge in [-0.25, -0.2) is 19.1 Å². The molecule has 3 heterocycles. The monoisotopic (exact) mass is 411 g/mol. The summed E-state index contributed by atoms with van der Waals surface area (Å²) in [7, 11) is 0. The summed E-state index contributed by atoms with van der Waals surface area (Å²) in [6, 6.07) is 19.8. The molecule has 0 amide bonds. The standard InChI is InChI=1S/C24H18N4O3/c1-2-31-24(30)18-13-25-21-20-19(16-9-5-3-6-10-16)14-27(17-11-7-4-8-12-17)22(20)26-15-28(21)23(18)29/h3-15H,2H2,1H3/p+1. The summed E-state index contributed by atoms with van der Waals surface area (Å²) in [5.41, 5.74) is 3.56. The summed E-state index contributed by atoms with van der Waals surface area (Å²) in [6.45, 7) is 1.88. The number of nitrogens with zero attached hydrogens (tertiary/aromatic N) is 3. The molecular formula is C24H19N4O3+. The highest BCUT2D eigenvalue weighted by Crippen LogP contribution is 2.32. The summed E-state index contributed by atoms with van der Waals surface area (Å²) in [6.07, 6.45) is 4.85. The third kappa shape index (κ3) is 3.07. The number of hydrogen-bond acceptors (Lipinski definition) is 4. The Hall–Kier alpha value is -4.26. The Kier molecular flexibility index (Phi) is 4.55. The smallest absolute Gasteiger partial charge is 0.346 e. The molecule has 0 atom stereocenters. The molecule has 5 rings (SSSR count). The first-order valence-corrected chi connectivity index (χ1v) is 9.94. The van der Waals surface area contributed by atoms with Crippen LogP contribution in [0.4, 0.5) is 0 Å². The van der Waals surface area contributed by atoms with Gasteiger partial charge in [0.2, 0.25) is 11.3 Å². The number of rotatable bonds is 4. The molecule has 1 N–H and O–H groups in total. The van der Waals surface area contributed by atoms with Crippen LogP contribution in [0.5, 0.6) is 0 Å². The number of esters is 1. The van der Waals surface area contributed by atoms with Gasteiger partial charge in [-0.05, 0) is 24.6 Å². The maximum atomic E-state index is 13.0. The number of ether oxygens (including phenoxy) is 1. The van der Waals surface area contributed by atoms with E-state index in [4.69, 9.17) is 4.74 Å². The van der Waals surface area contributed by atoms with E-state index in [1.54, 1.807) is 6.92 Å². The largest absolute Gasteiger partial charge is 0.462 e. The van der Waals surface area contributed by atoms with Gasteiger partial charge in [0.15, 0.2) is 11.9 Å². The second-order valence-electron chi connectivity index (χ2n) is 7.00. The van der Waals surface area contributed by atoms with Crippen LogP contribution < -0.4 is 10.5 Å². The highest BCUT2D eigenvalue weighted by Gasteiger charge is 2.24. The zero-order valence-electron chi connectivity index (χ0n) is 16.8. The van der Waals surface area contributed by atoms with E-state index in [2.05, 4.69) is 9.97 Å². The molecule has 5 aromatic rings. The fourth-order valence-corrected chi connectivity index (χ4v) is 3.75. The number of nitrogens with one attached hydrogen (secondary N) is 1. The van der Waals surface area contributed by atoms with Crippen LogP contribution in [-0.2, 0) is 4.74 Å². The van der Waals surface area contributed by atoms with Gasteiger partial charge in [-0.3, -0.25) is 4.98 Å². The van der Waals surface area contributed by atoms with E-state index in [-0.39, 0.29) is 12.2 Å². The van der Waals surface area contributed by atoms with E-state index < -0.39 is 11.5 Å². The molecule has 0 aliphatic carbocycles. The van der Waals surface area contributed by atoms with Crippen LogP contribution in [-0.4, -0.2) is 26.5 Å². The quantitative estimate of drug-likeness (QED) is 0.425. The molecule has 0 aliphatic heterocycles. The van der Waals surface area contributed by atoms with Crippen molar-refractivity contribution in [1.82, 2.24) is 14.0 Å². The van der Waals surface area contributed by atoms with Crippen molar-refractivity contribution in [1.29, 1.82) is 0 Å². The zero-order chi connectivity index (χ0) is 21.4. The number of aromatic nitrogens is 4. The number of fused-ring (bicyclic) bond motifs is 3. The Balaban J connectivity index is 1.86. The maximum Gasteiger partial charge on any atom is 0.346 e. The van der Waals surface area contributed by atoms with Crippen LogP contribution >= 0.6 is 0 Å². The summed E-state index contributed by atoms with van der Waals surface area (Å²) < 4.78 is 8.38. The van der Waals surface area contributed by atoms with Crippen molar-refractivity contribution >= 4 is 22.6 Å². The molecular weight excluding hydrogens is 392 g/mol. The van der Waals surface area contributed by atoms with Crippen molar-refractivity contribution in [3.63, 3.8) is 0 Å². The first kappa shape index (κ1) is 18.7. The number of para-hydroxylation sites is 1. The summed E-state index contributed by atoms with van der Waals surface area (Å²) >= 11 is 0. The summed E-state index contributed by atoms with van der Waals surface area (Å²) in [4.78, 5) is 32.9. The Morgan fingerprint density at radius 3 is 2.48 bits per heavy atom. The highest BCUT2D eigenvalue weighted by molar-refractivity contribution is 6.02. The fraction of sp³-hybridized carbons (Fsp3) is 0.0833. The van der Waals surface area contributed by atoms with Crippen LogP contribution in [0.2, 0.25) is 0 Å². The molecule has 7 nitrogen and oxygen atoms in total.